The second-order valence-electron chi connectivity index (χ2n) is 4.13. The number of hydrogen-bond donors (Lipinski definition) is 1. The van der Waals surface area contributed by atoms with Crippen LogP contribution in [0.2, 0.25) is 0 Å². The first-order valence-corrected chi connectivity index (χ1v) is 5.48. The molecule has 2 aliphatic rings. The molecule has 0 aromatic carbocycles. The van der Waals surface area contributed by atoms with Crippen LogP contribution in [0.3, 0.4) is 0 Å². The van der Waals surface area contributed by atoms with Crippen molar-refractivity contribution in [2.45, 2.75) is 32.2 Å². The Morgan fingerprint density at radius 3 is 2.77 bits per heavy atom. The third-order valence-corrected chi connectivity index (χ3v) is 3.25. The summed E-state index contributed by atoms with van der Waals surface area (Å²) < 4.78 is 5.36. The highest BCUT2D eigenvalue weighted by Gasteiger charge is 2.27. The van der Waals surface area contributed by atoms with Gasteiger partial charge < -0.3 is 4.74 Å². The molecule has 1 unspecified atom stereocenters. The molecule has 2 rings (SSSR count). The van der Waals surface area contributed by atoms with E-state index in [-0.39, 0.29) is 0 Å². The maximum absolute atomic E-state index is 5.36. The van der Waals surface area contributed by atoms with Crippen molar-refractivity contribution in [3.63, 3.8) is 0 Å². The first kappa shape index (κ1) is 9.44. The summed E-state index contributed by atoms with van der Waals surface area (Å²) in [6, 6.07) is 0.727. The van der Waals surface area contributed by atoms with Gasteiger partial charge in [-0.2, -0.15) is 0 Å². The van der Waals surface area contributed by atoms with Gasteiger partial charge in [0.05, 0.1) is 0 Å². The molecular weight excluding hydrogens is 164 g/mol. The zero-order chi connectivity index (χ0) is 9.10. The van der Waals surface area contributed by atoms with Crippen molar-refractivity contribution in [2.24, 2.45) is 5.92 Å². The van der Waals surface area contributed by atoms with Gasteiger partial charge in [0.1, 0.15) is 0 Å². The number of nitrogens with one attached hydrogen (secondary N) is 1. The van der Waals surface area contributed by atoms with Crippen LogP contribution in [0.25, 0.3) is 0 Å². The van der Waals surface area contributed by atoms with Gasteiger partial charge in [0.15, 0.2) is 0 Å². The molecule has 0 aliphatic carbocycles. The fraction of sp³-hybridized carbons (Fsp3) is 1.00. The number of nitrogens with zero attached hydrogens (tertiary/aromatic N) is 1. The Morgan fingerprint density at radius 2 is 2.15 bits per heavy atom. The third-order valence-electron chi connectivity index (χ3n) is 3.25. The zero-order valence-corrected chi connectivity index (χ0v) is 8.46. The smallest absolute Gasteiger partial charge is 0.0481 e. The topological polar surface area (TPSA) is 24.5 Å². The molecule has 0 amide bonds. The molecule has 0 aromatic rings. The van der Waals surface area contributed by atoms with Crippen molar-refractivity contribution in [1.82, 2.24) is 10.4 Å². The zero-order valence-electron chi connectivity index (χ0n) is 8.46. The van der Waals surface area contributed by atoms with E-state index < -0.39 is 0 Å². The standard InChI is InChI=1S/C10H20N2O/c1-2-9-7-11-12(8-9)10-3-5-13-6-4-10/h9-11H,2-8H2,1H3. The van der Waals surface area contributed by atoms with Crippen molar-refractivity contribution in [3.8, 4) is 0 Å². The molecule has 0 bridgehead atoms. The van der Waals surface area contributed by atoms with E-state index in [0.29, 0.717) is 0 Å². The van der Waals surface area contributed by atoms with Crippen molar-refractivity contribution < 1.29 is 4.74 Å². The van der Waals surface area contributed by atoms with Crippen LogP contribution in [0.4, 0.5) is 0 Å². The summed E-state index contributed by atoms with van der Waals surface area (Å²) in [6.07, 6.45) is 3.69. The first-order chi connectivity index (χ1) is 6.40. The van der Waals surface area contributed by atoms with Crippen LogP contribution in [0.15, 0.2) is 0 Å². The molecule has 0 spiro atoms. The summed E-state index contributed by atoms with van der Waals surface area (Å²) in [5, 5.41) is 2.44. The van der Waals surface area contributed by atoms with Crippen LogP contribution in [-0.2, 0) is 4.74 Å². The summed E-state index contributed by atoms with van der Waals surface area (Å²) in [5.41, 5.74) is 3.51. The minimum absolute atomic E-state index is 0.727. The molecule has 3 heteroatoms. The molecule has 0 radical (unpaired) electrons. The highest BCUT2D eigenvalue weighted by molar-refractivity contribution is 4.79. The quantitative estimate of drug-likeness (QED) is 0.693. The van der Waals surface area contributed by atoms with Crippen LogP contribution in [0.5, 0.6) is 0 Å². The van der Waals surface area contributed by atoms with Crippen molar-refractivity contribution >= 4 is 0 Å². The maximum Gasteiger partial charge on any atom is 0.0481 e. The van der Waals surface area contributed by atoms with Crippen LogP contribution >= 0.6 is 0 Å². The summed E-state index contributed by atoms with van der Waals surface area (Å²) in [7, 11) is 0. The highest BCUT2D eigenvalue weighted by Crippen LogP contribution is 2.18. The average molecular weight is 184 g/mol. The van der Waals surface area contributed by atoms with Crippen molar-refractivity contribution in [2.75, 3.05) is 26.3 Å². The second-order valence-corrected chi connectivity index (χ2v) is 4.13. The van der Waals surface area contributed by atoms with E-state index in [4.69, 9.17) is 4.74 Å². The molecular formula is C10H20N2O. The Hall–Kier alpha value is -0.120. The summed E-state index contributed by atoms with van der Waals surface area (Å²) in [5.74, 6) is 0.864. The predicted molar refractivity (Wildman–Crippen MR) is 52.3 cm³/mol. The molecule has 2 fully saturated rings. The van der Waals surface area contributed by atoms with Gasteiger partial charge >= 0.3 is 0 Å². The average Bonchev–Trinajstić information content (AvgIpc) is 2.67. The molecule has 2 heterocycles. The first-order valence-electron chi connectivity index (χ1n) is 5.48. The van der Waals surface area contributed by atoms with E-state index in [0.717, 1.165) is 25.2 Å². The second kappa shape index (κ2) is 4.40. The van der Waals surface area contributed by atoms with Gasteiger partial charge in [0.2, 0.25) is 0 Å². The normalized spacial score (nSPS) is 32.5. The largest absolute Gasteiger partial charge is 0.381 e. The van der Waals surface area contributed by atoms with Gasteiger partial charge in [-0.3, -0.25) is 5.43 Å². The van der Waals surface area contributed by atoms with Crippen LogP contribution in [0, 0.1) is 5.92 Å². The highest BCUT2D eigenvalue weighted by atomic mass is 16.5. The third kappa shape index (κ3) is 2.22. The monoisotopic (exact) mass is 184 g/mol. The molecule has 0 aromatic heterocycles. The lowest BCUT2D eigenvalue weighted by atomic mass is 10.1. The number of hydrazine groups is 1. The summed E-state index contributed by atoms with van der Waals surface area (Å²) >= 11 is 0. The van der Waals surface area contributed by atoms with Crippen molar-refractivity contribution in [3.05, 3.63) is 0 Å². The molecule has 2 saturated heterocycles. The van der Waals surface area contributed by atoms with Gasteiger partial charge in [-0.15, -0.1) is 0 Å². The van der Waals surface area contributed by atoms with Crippen LogP contribution in [-0.4, -0.2) is 37.4 Å². The van der Waals surface area contributed by atoms with E-state index in [1.807, 2.05) is 0 Å². The molecule has 1 N–H and O–H groups in total. The Kier molecular flexibility index (Phi) is 3.19. The molecule has 1 atom stereocenters. The van der Waals surface area contributed by atoms with Gasteiger partial charge in [0, 0.05) is 32.3 Å². The van der Waals surface area contributed by atoms with Crippen LogP contribution < -0.4 is 5.43 Å². The van der Waals surface area contributed by atoms with E-state index in [1.165, 1.54) is 32.4 Å². The number of hydrogen-bond acceptors (Lipinski definition) is 3. The minimum atomic E-state index is 0.727. The Labute approximate surface area is 80.4 Å². The minimum Gasteiger partial charge on any atom is -0.381 e. The molecule has 76 valence electrons. The molecule has 13 heavy (non-hydrogen) atoms. The van der Waals surface area contributed by atoms with E-state index in [2.05, 4.69) is 17.4 Å². The van der Waals surface area contributed by atoms with Gasteiger partial charge in [0.25, 0.3) is 0 Å². The van der Waals surface area contributed by atoms with E-state index >= 15 is 0 Å². The lowest BCUT2D eigenvalue weighted by molar-refractivity contribution is 0.0256. The lowest BCUT2D eigenvalue weighted by Crippen LogP contribution is -2.43. The van der Waals surface area contributed by atoms with E-state index in [1.54, 1.807) is 0 Å². The van der Waals surface area contributed by atoms with Crippen molar-refractivity contribution in [1.29, 1.82) is 0 Å². The Balaban J connectivity index is 1.80. The van der Waals surface area contributed by atoms with Gasteiger partial charge in [-0.25, -0.2) is 5.01 Å². The Morgan fingerprint density at radius 1 is 1.38 bits per heavy atom. The lowest BCUT2D eigenvalue weighted by Gasteiger charge is -2.30. The fourth-order valence-electron chi connectivity index (χ4n) is 2.20. The maximum atomic E-state index is 5.36. The number of rotatable bonds is 2. The SMILES string of the molecule is CCC1CNN(C2CCOCC2)C1. The van der Waals surface area contributed by atoms with Gasteiger partial charge in [-0.05, 0) is 18.8 Å². The molecule has 3 nitrogen and oxygen atoms in total. The fourth-order valence-corrected chi connectivity index (χ4v) is 2.20. The number of ether oxygens (including phenoxy) is 1. The van der Waals surface area contributed by atoms with Gasteiger partial charge in [-0.1, -0.05) is 13.3 Å². The molecule has 2 aliphatic heterocycles. The van der Waals surface area contributed by atoms with E-state index in [9.17, 15) is 0 Å². The Bertz CT molecular complexity index is 157. The summed E-state index contributed by atoms with van der Waals surface area (Å²) in [6.45, 7) is 6.58. The molecule has 0 saturated carbocycles. The predicted octanol–water partition coefficient (Wildman–Crippen LogP) is 1.01. The van der Waals surface area contributed by atoms with Crippen LogP contribution in [0.1, 0.15) is 26.2 Å². The summed E-state index contributed by atoms with van der Waals surface area (Å²) in [4.78, 5) is 0.